The van der Waals surface area contributed by atoms with Gasteiger partial charge in [0.2, 0.25) is 11.6 Å². The molecule has 0 radical (unpaired) electrons. The van der Waals surface area contributed by atoms with Gasteiger partial charge in [-0.1, -0.05) is 54.6 Å². The van der Waals surface area contributed by atoms with Crippen LogP contribution in [0.1, 0.15) is 11.1 Å². The van der Waals surface area contributed by atoms with Crippen LogP contribution < -0.4 is 11.1 Å². The Morgan fingerprint density at radius 1 is 0.941 bits per heavy atom. The monoisotopic (exact) mass is 446 g/mol. The molecular weight excluding hydrogens is 424 g/mol. The highest BCUT2D eigenvalue weighted by atomic mass is 15.4. The minimum absolute atomic E-state index is 0.323. The van der Waals surface area contributed by atoms with E-state index in [1.54, 1.807) is 10.7 Å². The second-order valence-corrected chi connectivity index (χ2v) is 8.26. The van der Waals surface area contributed by atoms with Gasteiger partial charge in [-0.15, -0.1) is 5.10 Å². The summed E-state index contributed by atoms with van der Waals surface area (Å²) < 4.78 is 3.74. The van der Waals surface area contributed by atoms with Crippen LogP contribution in [0.5, 0.6) is 0 Å². The van der Waals surface area contributed by atoms with Crippen molar-refractivity contribution < 1.29 is 0 Å². The number of anilines is 3. The van der Waals surface area contributed by atoms with Gasteiger partial charge in [0.15, 0.2) is 5.82 Å². The minimum Gasteiger partial charge on any atom is -0.381 e. The number of rotatable bonds is 5. The van der Waals surface area contributed by atoms with Crippen molar-refractivity contribution in [2.75, 3.05) is 11.1 Å². The van der Waals surface area contributed by atoms with E-state index in [1.807, 2.05) is 66.3 Å². The molecule has 0 fully saturated rings. The van der Waals surface area contributed by atoms with Gasteiger partial charge in [-0.05, 0) is 36.2 Å². The first-order valence-corrected chi connectivity index (χ1v) is 11.0. The summed E-state index contributed by atoms with van der Waals surface area (Å²) >= 11 is 0. The molecule has 8 heteroatoms. The van der Waals surface area contributed by atoms with Crippen LogP contribution in [0.25, 0.3) is 27.8 Å². The topological polar surface area (TPSA) is 99.0 Å². The lowest BCUT2D eigenvalue weighted by Crippen LogP contribution is -2.02. The maximum atomic E-state index is 6.14. The fourth-order valence-electron chi connectivity index (χ4n) is 4.10. The molecule has 3 N–H and O–H groups in total. The van der Waals surface area contributed by atoms with Crippen LogP contribution in [0.3, 0.4) is 0 Å². The van der Waals surface area contributed by atoms with Crippen molar-refractivity contribution in [3.63, 3.8) is 0 Å². The number of nitrogens with zero attached hydrogens (tertiary/aromatic N) is 6. The summed E-state index contributed by atoms with van der Waals surface area (Å²) in [7, 11) is 0. The molecule has 3 aromatic carbocycles. The molecule has 0 aliphatic heterocycles. The van der Waals surface area contributed by atoms with E-state index < -0.39 is 0 Å². The molecule has 6 rings (SSSR count). The van der Waals surface area contributed by atoms with E-state index in [0.717, 1.165) is 33.4 Å². The van der Waals surface area contributed by atoms with Gasteiger partial charge in [0.1, 0.15) is 0 Å². The van der Waals surface area contributed by atoms with E-state index >= 15 is 0 Å². The van der Waals surface area contributed by atoms with Crippen LogP contribution in [-0.4, -0.2) is 29.4 Å². The molecule has 0 spiro atoms. The van der Waals surface area contributed by atoms with Gasteiger partial charge in [0.05, 0.1) is 30.1 Å². The molecule has 6 aromatic rings. The first-order valence-electron chi connectivity index (χ1n) is 11.0. The van der Waals surface area contributed by atoms with Crippen molar-refractivity contribution in [2.24, 2.45) is 0 Å². The van der Waals surface area contributed by atoms with E-state index in [1.165, 1.54) is 5.56 Å². The molecule has 0 saturated carbocycles. The van der Waals surface area contributed by atoms with Crippen molar-refractivity contribution in [2.45, 2.75) is 13.5 Å². The summed E-state index contributed by atoms with van der Waals surface area (Å²) in [5.41, 5.74) is 12.7. The Labute approximate surface area is 195 Å². The van der Waals surface area contributed by atoms with E-state index in [-0.39, 0.29) is 0 Å². The third-order valence-corrected chi connectivity index (χ3v) is 5.78. The van der Waals surface area contributed by atoms with E-state index in [9.17, 15) is 0 Å². The third-order valence-electron chi connectivity index (χ3n) is 5.78. The molecule has 0 saturated heterocycles. The van der Waals surface area contributed by atoms with Crippen molar-refractivity contribution in [3.05, 3.63) is 96.3 Å². The first-order chi connectivity index (χ1) is 16.6. The highest BCUT2D eigenvalue weighted by Gasteiger charge is 2.15. The standard InChI is InChI=1S/C26H22N8/c1-17-6-5-9-21(12-17)30-26-31-25-24(27)28-15-23(34(25)32-26)19-10-11-20-14-29-33(22(20)13-19)16-18-7-3-2-4-8-18/h2-15H,16H2,1H3,(H2,27,28)(H,30,32). The average Bonchev–Trinajstić information content (AvgIpc) is 3.45. The summed E-state index contributed by atoms with van der Waals surface area (Å²) in [5.74, 6) is 0.783. The molecule has 8 nitrogen and oxygen atoms in total. The fraction of sp³-hybridized carbons (Fsp3) is 0.0769. The molecule has 0 bridgehead atoms. The molecule has 3 aromatic heterocycles. The van der Waals surface area contributed by atoms with E-state index in [4.69, 9.17) is 5.73 Å². The minimum atomic E-state index is 0.323. The molecule has 166 valence electrons. The van der Waals surface area contributed by atoms with Crippen molar-refractivity contribution in [1.29, 1.82) is 0 Å². The van der Waals surface area contributed by atoms with Crippen LogP contribution in [0, 0.1) is 6.92 Å². The van der Waals surface area contributed by atoms with Crippen molar-refractivity contribution in [1.82, 2.24) is 29.4 Å². The van der Waals surface area contributed by atoms with Crippen LogP contribution in [0.2, 0.25) is 0 Å². The second-order valence-electron chi connectivity index (χ2n) is 8.26. The van der Waals surface area contributed by atoms with E-state index in [2.05, 4.69) is 49.7 Å². The Hall–Kier alpha value is -4.72. The maximum absolute atomic E-state index is 6.14. The third kappa shape index (κ3) is 3.61. The molecular formula is C26H22N8. The van der Waals surface area contributed by atoms with Crippen LogP contribution >= 0.6 is 0 Å². The highest BCUT2D eigenvalue weighted by molar-refractivity contribution is 5.84. The van der Waals surface area contributed by atoms with Gasteiger partial charge < -0.3 is 11.1 Å². The summed E-state index contributed by atoms with van der Waals surface area (Å²) in [6.07, 6.45) is 3.62. The molecule has 3 heterocycles. The summed E-state index contributed by atoms with van der Waals surface area (Å²) in [6, 6.07) is 24.5. The van der Waals surface area contributed by atoms with Crippen molar-refractivity contribution >= 4 is 34.0 Å². The molecule has 0 aliphatic carbocycles. The lowest BCUT2D eigenvalue weighted by atomic mass is 10.1. The number of aromatic nitrogens is 6. The Balaban J connectivity index is 1.42. The van der Waals surface area contributed by atoms with Gasteiger partial charge in [0, 0.05) is 16.6 Å². The number of hydrogen-bond donors (Lipinski definition) is 2. The molecule has 0 amide bonds. The fourth-order valence-corrected chi connectivity index (χ4v) is 4.10. The summed E-state index contributed by atoms with van der Waals surface area (Å²) in [6.45, 7) is 2.73. The zero-order valence-corrected chi connectivity index (χ0v) is 18.6. The Morgan fingerprint density at radius 2 is 1.82 bits per heavy atom. The number of aryl methyl sites for hydroxylation is 1. The van der Waals surface area contributed by atoms with Crippen LogP contribution in [0.15, 0.2) is 85.2 Å². The van der Waals surface area contributed by atoms with Crippen LogP contribution in [0.4, 0.5) is 17.5 Å². The number of nitrogen functional groups attached to an aromatic ring is 1. The van der Waals surface area contributed by atoms with Gasteiger partial charge >= 0.3 is 0 Å². The molecule has 0 unspecified atom stereocenters. The largest absolute Gasteiger partial charge is 0.381 e. The smallest absolute Gasteiger partial charge is 0.247 e. The SMILES string of the molecule is Cc1cccc(Nc2nc3c(N)ncc(-c4ccc5cnn(Cc6ccccc6)c5c4)n3n2)c1. The second kappa shape index (κ2) is 8.00. The predicted octanol–water partition coefficient (Wildman–Crippen LogP) is 4.82. The summed E-state index contributed by atoms with van der Waals surface area (Å²) in [5, 5.41) is 13.6. The maximum Gasteiger partial charge on any atom is 0.247 e. The van der Waals surface area contributed by atoms with Gasteiger partial charge in [-0.3, -0.25) is 4.68 Å². The highest BCUT2D eigenvalue weighted by Crippen LogP contribution is 2.27. The summed E-state index contributed by atoms with van der Waals surface area (Å²) in [4.78, 5) is 8.97. The predicted molar refractivity (Wildman–Crippen MR) is 134 cm³/mol. The quantitative estimate of drug-likeness (QED) is 0.394. The zero-order valence-electron chi connectivity index (χ0n) is 18.6. The molecule has 0 aliphatic rings. The Morgan fingerprint density at radius 3 is 2.68 bits per heavy atom. The van der Waals surface area contributed by atoms with Gasteiger partial charge in [0.25, 0.3) is 0 Å². The Kier molecular flexibility index (Phi) is 4.69. The molecule has 0 atom stereocenters. The normalized spacial score (nSPS) is 11.3. The van der Waals surface area contributed by atoms with Gasteiger partial charge in [-0.25, -0.2) is 9.50 Å². The number of benzene rings is 3. The lowest BCUT2D eigenvalue weighted by Gasteiger charge is -2.08. The Bertz CT molecular complexity index is 1630. The zero-order chi connectivity index (χ0) is 23.1. The molecule has 34 heavy (non-hydrogen) atoms. The number of nitrogens with two attached hydrogens (primary N) is 1. The van der Waals surface area contributed by atoms with E-state index in [0.29, 0.717) is 24.0 Å². The average molecular weight is 447 g/mol. The number of hydrogen-bond acceptors (Lipinski definition) is 6. The number of fused-ring (bicyclic) bond motifs is 2. The first kappa shape index (κ1) is 19.9. The van der Waals surface area contributed by atoms with Gasteiger partial charge in [-0.2, -0.15) is 10.1 Å². The van der Waals surface area contributed by atoms with Crippen molar-refractivity contribution in [3.8, 4) is 11.3 Å². The lowest BCUT2D eigenvalue weighted by molar-refractivity contribution is 0.712. The number of nitrogens with one attached hydrogen (secondary N) is 1. The van der Waals surface area contributed by atoms with Crippen LogP contribution in [-0.2, 0) is 6.54 Å².